The maximum Gasteiger partial charge on any atom is 0.251 e. The molecule has 0 unspecified atom stereocenters. The Labute approximate surface area is 196 Å². The van der Waals surface area contributed by atoms with Crippen LogP contribution in [0.4, 0.5) is 5.82 Å². The van der Waals surface area contributed by atoms with Crippen LogP contribution in [0.15, 0.2) is 52.9 Å². The number of aryl methyl sites for hydroxylation is 1. The van der Waals surface area contributed by atoms with Gasteiger partial charge in [0.05, 0.1) is 22.3 Å². The SMILES string of the molecule is CNC(=O)c1ccnc2c(CCNc3cc(-c4c(S)nc(C)nc4S)ncn3)cccc12. The number of nitrogens with zero attached hydrogens (tertiary/aromatic N) is 5. The van der Waals surface area contributed by atoms with Gasteiger partial charge in [-0.1, -0.05) is 18.2 Å². The Bertz CT molecular complexity index is 1290. The van der Waals surface area contributed by atoms with Gasteiger partial charge in [-0.3, -0.25) is 9.78 Å². The molecule has 2 N–H and O–H groups in total. The quantitative estimate of drug-likeness (QED) is 0.257. The molecular formula is C22H21N7OS2. The monoisotopic (exact) mass is 463 g/mol. The lowest BCUT2D eigenvalue weighted by atomic mass is 10.0. The van der Waals surface area contributed by atoms with Gasteiger partial charge in [0.25, 0.3) is 5.91 Å². The summed E-state index contributed by atoms with van der Waals surface area (Å²) in [6, 6.07) is 9.41. The molecule has 162 valence electrons. The van der Waals surface area contributed by atoms with Crippen molar-refractivity contribution in [3.63, 3.8) is 0 Å². The predicted molar refractivity (Wildman–Crippen MR) is 130 cm³/mol. The van der Waals surface area contributed by atoms with Gasteiger partial charge in [0.15, 0.2) is 0 Å². The molecular weight excluding hydrogens is 442 g/mol. The fourth-order valence-corrected chi connectivity index (χ4v) is 4.28. The zero-order valence-corrected chi connectivity index (χ0v) is 19.3. The normalized spacial score (nSPS) is 10.9. The highest BCUT2D eigenvalue weighted by molar-refractivity contribution is 7.81. The van der Waals surface area contributed by atoms with Crippen LogP contribution in [0.5, 0.6) is 0 Å². The van der Waals surface area contributed by atoms with Crippen LogP contribution in [0.3, 0.4) is 0 Å². The van der Waals surface area contributed by atoms with E-state index in [1.807, 2.05) is 24.3 Å². The second-order valence-electron chi connectivity index (χ2n) is 7.01. The van der Waals surface area contributed by atoms with Gasteiger partial charge < -0.3 is 10.6 Å². The molecule has 4 aromatic rings. The van der Waals surface area contributed by atoms with Crippen LogP contribution in [-0.2, 0) is 6.42 Å². The Balaban J connectivity index is 1.53. The molecule has 0 aliphatic rings. The van der Waals surface area contributed by atoms with Crippen molar-refractivity contribution in [1.29, 1.82) is 0 Å². The summed E-state index contributed by atoms with van der Waals surface area (Å²) in [5.41, 5.74) is 3.76. The summed E-state index contributed by atoms with van der Waals surface area (Å²) < 4.78 is 0. The number of hydrogen-bond acceptors (Lipinski definition) is 9. The Morgan fingerprint density at radius 2 is 1.84 bits per heavy atom. The van der Waals surface area contributed by atoms with Crippen LogP contribution >= 0.6 is 25.3 Å². The van der Waals surface area contributed by atoms with E-state index in [0.717, 1.165) is 16.5 Å². The van der Waals surface area contributed by atoms with E-state index in [1.54, 1.807) is 26.2 Å². The number of fused-ring (bicyclic) bond motifs is 1. The number of aromatic nitrogens is 5. The third-order valence-corrected chi connectivity index (χ3v) is 5.58. The first-order valence-electron chi connectivity index (χ1n) is 9.89. The Morgan fingerprint density at radius 3 is 2.59 bits per heavy atom. The molecule has 0 saturated heterocycles. The lowest BCUT2D eigenvalue weighted by molar-refractivity contribution is 0.0964. The smallest absolute Gasteiger partial charge is 0.251 e. The Morgan fingerprint density at radius 1 is 1.06 bits per heavy atom. The molecule has 32 heavy (non-hydrogen) atoms. The molecule has 0 radical (unpaired) electrons. The van der Waals surface area contributed by atoms with E-state index in [0.29, 0.717) is 51.5 Å². The number of carbonyl (C=O) groups excluding carboxylic acids is 1. The first kappa shape index (κ1) is 22.0. The average Bonchev–Trinajstić information content (AvgIpc) is 2.78. The van der Waals surface area contributed by atoms with Crippen molar-refractivity contribution in [2.45, 2.75) is 23.4 Å². The second kappa shape index (κ2) is 9.49. The van der Waals surface area contributed by atoms with Crippen LogP contribution in [0.1, 0.15) is 21.7 Å². The number of hydrogen-bond donors (Lipinski definition) is 4. The minimum Gasteiger partial charge on any atom is -0.370 e. The van der Waals surface area contributed by atoms with Crippen molar-refractivity contribution in [3.8, 4) is 11.3 Å². The number of benzene rings is 1. The van der Waals surface area contributed by atoms with Gasteiger partial charge in [0.2, 0.25) is 0 Å². The second-order valence-corrected chi connectivity index (χ2v) is 7.86. The molecule has 3 aromatic heterocycles. The molecule has 0 spiro atoms. The van der Waals surface area contributed by atoms with Crippen molar-refractivity contribution in [2.75, 3.05) is 18.9 Å². The summed E-state index contributed by atoms with van der Waals surface area (Å²) >= 11 is 8.90. The molecule has 8 nitrogen and oxygen atoms in total. The van der Waals surface area contributed by atoms with E-state index in [9.17, 15) is 4.79 Å². The van der Waals surface area contributed by atoms with Gasteiger partial charge >= 0.3 is 0 Å². The molecule has 0 atom stereocenters. The number of amides is 1. The molecule has 1 aromatic carbocycles. The van der Waals surface area contributed by atoms with Crippen molar-refractivity contribution < 1.29 is 4.79 Å². The minimum atomic E-state index is -0.131. The standard InChI is InChI=1S/C22H21N7OS2/c1-12-28-21(31)18(22(32)29-12)16-10-17(27-11-26-16)24-8-6-13-4-3-5-14-15(20(30)23-2)7-9-25-19(13)14/h3-5,7,9-11H,6,8H2,1-2H3,(H,23,30)(H,24,26,27)(H2,28,29,31,32). The first-order chi connectivity index (χ1) is 15.5. The highest BCUT2D eigenvalue weighted by Gasteiger charge is 2.14. The number of nitrogens with one attached hydrogen (secondary N) is 2. The maximum atomic E-state index is 12.2. The van der Waals surface area contributed by atoms with Crippen molar-refractivity contribution in [3.05, 3.63) is 59.8 Å². The van der Waals surface area contributed by atoms with E-state index in [1.165, 1.54) is 6.33 Å². The van der Waals surface area contributed by atoms with Gasteiger partial charge in [-0.15, -0.1) is 25.3 Å². The predicted octanol–water partition coefficient (Wildman–Crippen LogP) is 3.38. The van der Waals surface area contributed by atoms with Gasteiger partial charge in [0, 0.05) is 31.2 Å². The minimum absolute atomic E-state index is 0.131. The fraction of sp³-hybridized carbons (Fsp3) is 0.182. The first-order valence-corrected chi connectivity index (χ1v) is 10.8. The molecule has 1 amide bonds. The number of para-hydroxylation sites is 1. The van der Waals surface area contributed by atoms with Gasteiger partial charge in [-0.25, -0.2) is 19.9 Å². The highest BCUT2D eigenvalue weighted by Crippen LogP contribution is 2.29. The summed E-state index contributed by atoms with van der Waals surface area (Å²) in [6.07, 6.45) is 3.84. The summed E-state index contributed by atoms with van der Waals surface area (Å²) in [7, 11) is 1.62. The van der Waals surface area contributed by atoms with E-state index < -0.39 is 0 Å². The Hall–Kier alpha value is -3.24. The van der Waals surface area contributed by atoms with Crippen molar-refractivity contribution in [2.24, 2.45) is 0 Å². The van der Waals surface area contributed by atoms with Crippen LogP contribution < -0.4 is 10.6 Å². The van der Waals surface area contributed by atoms with Crippen LogP contribution in [0.25, 0.3) is 22.2 Å². The summed E-state index contributed by atoms with van der Waals surface area (Å²) in [5, 5.41) is 7.85. The molecule has 0 aliphatic heterocycles. The number of thiol groups is 2. The molecule has 4 rings (SSSR count). The van der Waals surface area contributed by atoms with Crippen molar-refractivity contribution >= 4 is 47.9 Å². The van der Waals surface area contributed by atoms with Crippen LogP contribution in [-0.4, -0.2) is 44.4 Å². The number of carbonyl (C=O) groups is 1. The molecule has 10 heteroatoms. The molecule has 0 saturated carbocycles. The average molecular weight is 464 g/mol. The largest absolute Gasteiger partial charge is 0.370 e. The lowest BCUT2D eigenvalue weighted by Crippen LogP contribution is -2.18. The zero-order valence-electron chi connectivity index (χ0n) is 17.5. The lowest BCUT2D eigenvalue weighted by Gasteiger charge is -2.11. The topological polar surface area (TPSA) is 106 Å². The number of anilines is 1. The van der Waals surface area contributed by atoms with Crippen LogP contribution in [0.2, 0.25) is 0 Å². The maximum absolute atomic E-state index is 12.2. The number of rotatable bonds is 6. The fourth-order valence-electron chi connectivity index (χ4n) is 3.46. The molecule has 0 fully saturated rings. The third-order valence-electron chi connectivity index (χ3n) is 4.93. The zero-order chi connectivity index (χ0) is 22.7. The van der Waals surface area contributed by atoms with E-state index in [2.05, 4.69) is 60.8 Å². The van der Waals surface area contributed by atoms with Crippen molar-refractivity contribution in [1.82, 2.24) is 30.2 Å². The van der Waals surface area contributed by atoms with Gasteiger partial charge in [0.1, 0.15) is 28.0 Å². The van der Waals surface area contributed by atoms with E-state index in [4.69, 9.17) is 0 Å². The molecule has 0 bridgehead atoms. The molecule has 0 aliphatic carbocycles. The third kappa shape index (κ3) is 4.51. The summed E-state index contributed by atoms with van der Waals surface area (Å²) in [5.74, 6) is 1.13. The Kier molecular flexibility index (Phi) is 6.52. The van der Waals surface area contributed by atoms with E-state index >= 15 is 0 Å². The summed E-state index contributed by atoms with van der Waals surface area (Å²) in [4.78, 5) is 33.9. The summed E-state index contributed by atoms with van der Waals surface area (Å²) in [6.45, 7) is 2.41. The van der Waals surface area contributed by atoms with Crippen LogP contribution in [0, 0.1) is 6.92 Å². The van der Waals surface area contributed by atoms with Gasteiger partial charge in [-0.05, 0) is 25.0 Å². The number of pyridine rings is 1. The van der Waals surface area contributed by atoms with E-state index in [-0.39, 0.29) is 5.91 Å². The molecule has 3 heterocycles. The van der Waals surface area contributed by atoms with Gasteiger partial charge in [-0.2, -0.15) is 0 Å². The highest BCUT2D eigenvalue weighted by atomic mass is 32.1.